The van der Waals surface area contributed by atoms with Crippen LogP contribution in [0.5, 0.6) is 0 Å². The molecule has 5 amide bonds. The predicted octanol–water partition coefficient (Wildman–Crippen LogP) is 3.02. The quantitative estimate of drug-likeness (QED) is 0.112. The van der Waals surface area contributed by atoms with Gasteiger partial charge in [-0.3, -0.25) is 24.0 Å². The van der Waals surface area contributed by atoms with Crippen molar-refractivity contribution in [2.75, 3.05) is 19.7 Å². The van der Waals surface area contributed by atoms with E-state index in [0.29, 0.717) is 18.4 Å². The SMILES string of the molecule is C=CCC1CCN(C(=O)[C@@H](NC(=O)OCC(C)C)C2CCCCC2)C1C(=O)NC(CC1CC1)C(=O)C(=O)NCC(=O)N[C@H](C(=O)O)c1ccccc1. The van der Waals surface area contributed by atoms with Gasteiger partial charge in [0, 0.05) is 6.54 Å². The molecule has 14 nitrogen and oxygen atoms in total. The molecule has 4 rings (SSSR count). The van der Waals surface area contributed by atoms with Gasteiger partial charge in [-0.2, -0.15) is 0 Å². The van der Waals surface area contributed by atoms with Crippen molar-refractivity contribution in [2.45, 2.75) is 102 Å². The number of nitrogens with one attached hydrogen (secondary N) is 4. The van der Waals surface area contributed by atoms with E-state index < -0.39 is 66.3 Å². The number of carbonyl (C=O) groups is 7. The van der Waals surface area contributed by atoms with E-state index in [1.54, 1.807) is 36.4 Å². The molecule has 5 N–H and O–H groups in total. The maximum Gasteiger partial charge on any atom is 0.407 e. The minimum Gasteiger partial charge on any atom is -0.479 e. The van der Waals surface area contributed by atoms with Crippen LogP contribution in [0.25, 0.3) is 0 Å². The van der Waals surface area contributed by atoms with Crippen LogP contribution in [0.2, 0.25) is 0 Å². The highest BCUT2D eigenvalue weighted by molar-refractivity contribution is 6.38. The second-order valence-corrected chi connectivity index (χ2v) is 14.6. The third kappa shape index (κ3) is 11.4. The van der Waals surface area contributed by atoms with Gasteiger partial charge in [0.1, 0.15) is 12.1 Å². The molecule has 0 bridgehead atoms. The Labute approximate surface area is 304 Å². The predicted molar refractivity (Wildman–Crippen MR) is 190 cm³/mol. The summed E-state index contributed by atoms with van der Waals surface area (Å²) in [4.78, 5) is 93.6. The molecule has 3 unspecified atom stereocenters. The maximum absolute atomic E-state index is 14.3. The lowest BCUT2D eigenvalue weighted by Gasteiger charge is -2.35. The Hall–Kier alpha value is -4.75. The van der Waals surface area contributed by atoms with E-state index in [1.165, 1.54) is 4.90 Å². The number of allylic oxidation sites excluding steroid dienone is 1. The molecular weight excluding hydrogens is 670 g/mol. The molecule has 3 fully saturated rings. The number of benzene rings is 1. The molecule has 52 heavy (non-hydrogen) atoms. The zero-order valence-corrected chi connectivity index (χ0v) is 30.1. The van der Waals surface area contributed by atoms with Crippen LogP contribution >= 0.6 is 0 Å². The first kappa shape index (κ1) is 40.0. The lowest BCUT2D eigenvalue weighted by Crippen LogP contribution is -2.59. The summed E-state index contributed by atoms with van der Waals surface area (Å²) in [6, 6.07) is 3.61. The molecule has 3 aliphatic rings. The first-order valence-electron chi connectivity index (χ1n) is 18.4. The number of nitrogens with zero attached hydrogens (tertiary/aromatic N) is 1. The van der Waals surface area contributed by atoms with Gasteiger partial charge in [-0.1, -0.05) is 82.4 Å². The van der Waals surface area contributed by atoms with E-state index in [4.69, 9.17) is 4.74 Å². The van der Waals surface area contributed by atoms with E-state index >= 15 is 0 Å². The Morgan fingerprint density at radius 3 is 2.25 bits per heavy atom. The summed E-state index contributed by atoms with van der Waals surface area (Å²) < 4.78 is 5.36. The summed E-state index contributed by atoms with van der Waals surface area (Å²) in [5, 5.41) is 19.8. The van der Waals surface area contributed by atoms with Crippen molar-refractivity contribution in [1.82, 2.24) is 26.2 Å². The fourth-order valence-corrected chi connectivity index (χ4v) is 7.08. The van der Waals surface area contributed by atoms with Crippen molar-refractivity contribution in [2.24, 2.45) is 23.7 Å². The van der Waals surface area contributed by atoms with Crippen LogP contribution in [0.1, 0.15) is 89.7 Å². The third-order valence-electron chi connectivity index (χ3n) is 9.97. The minimum atomic E-state index is -1.36. The summed E-state index contributed by atoms with van der Waals surface area (Å²) in [7, 11) is 0. The standard InChI is InChI=1S/C38H53N5O9/c1-4-11-27-18-19-43(36(48)30(25-12-7-5-8-13-25)42-38(51)52-22-23(2)3)32(27)34(46)40-28(20-24-16-17-24)33(45)35(47)39-21-29(44)41-31(37(49)50)26-14-9-6-10-15-26/h4,6,9-10,14-15,23-25,27-28,30-32H,1,5,7-8,11-13,16-22H2,2-3H3,(H,39,47)(H,40,46)(H,41,44)(H,42,51)(H,49,50)/t27?,28?,30-,31-,32?/m0/s1. The largest absolute Gasteiger partial charge is 0.479 e. The summed E-state index contributed by atoms with van der Waals surface area (Å²) >= 11 is 0. The molecule has 0 spiro atoms. The lowest BCUT2D eigenvalue weighted by atomic mass is 9.83. The molecule has 0 radical (unpaired) electrons. The highest BCUT2D eigenvalue weighted by Crippen LogP contribution is 2.35. The third-order valence-corrected chi connectivity index (χ3v) is 9.97. The molecule has 14 heteroatoms. The van der Waals surface area contributed by atoms with Gasteiger partial charge in [-0.05, 0) is 61.3 Å². The van der Waals surface area contributed by atoms with E-state index in [0.717, 1.165) is 44.9 Å². The first-order valence-corrected chi connectivity index (χ1v) is 18.4. The molecule has 1 aromatic rings. The number of hydrogen-bond acceptors (Lipinski definition) is 8. The fourth-order valence-electron chi connectivity index (χ4n) is 7.08. The molecule has 1 aromatic carbocycles. The van der Waals surface area contributed by atoms with Crippen molar-refractivity contribution in [1.29, 1.82) is 0 Å². The molecule has 5 atom stereocenters. The number of aliphatic carboxylic acids is 1. The summed E-state index contributed by atoms with van der Waals surface area (Å²) in [6.45, 7) is 7.45. The molecule has 2 saturated carbocycles. The molecule has 0 aromatic heterocycles. The van der Waals surface area contributed by atoms with Crippen LogP contribution in [0.3, 0.4) is 0 Å². The number of amides is 5. The maximum atomic E-state index is 14.3. The molecule has 1 aliphatic heterocycles. The van der Waals surface area contributed by atoms with Crippen LogP contribution in [0, 0.1) is 23.7 Å². The molecule has 1 heterocycles. The van der Waals surface area contributed by atoms with Crippen molar-refractivity contribution < 1.29 is 43.4 Å². The van der Waals surface area contributed by atoms with Gasteiger partial charge in [0.25, 0.3) is 5.91 Å². The van der Waals surface area contributed by atoms with Crippen molar-refractivity contribution >= 4 is 41.5 Å². The van der Waals surface area contributed by atoms with Gasteiger partial charge < -0.3 is 36.0 Å². The zero-order chi connectivity index (χ0) is 37.8. The Bertz CT molecular complexity index is 1460. The highest BCUT2D eigenvalue weighted by Gasteiger charge is 2.46. The van der Waals surface area contributed by atoms with E-state index in [9.17, 15) is 38.7 Å². The topological polar surface area (TPSA) is 200 Å². The average Bonchev–Trinajstić information content (AvgIpc) is 3.86. The van der Waals surface area contributed by atoms with Gasteiger partial charge in [-0.15, -0.1) is 6.58 Å². The van der Waals surface area contributed by atoms with Crippen molar-refractivity contribution in [3.8, 4) is 0 Å². The Balaban J connectivity index is 1.45. The van der Waals surface area contributed by atoms with E-state index in [-0.39, 0.29) is 49.2 Å². The number of carboxylic acids is 1. The number of hydrogen-bond donors (Lipinski definition) is 5. The van der Waals surface area contributed by atoms with Gasteiger partial charge >= 0.3 is 12.1 Å². The van der Waals surface area contributed by atoms with E-state index in [2.05, 4.69) is 27.8 Å². The van der Waals surface area contributed by atoms with Crippen molar-refractivity contribution in [3.05, 3.63) is 48.6 Å². The number of ether oxygens (including phenoxy) is 1. The van der Waals surface area contributed by atoms with Gasteiger partial charge in [-0.25, -0.2) is 9.59 Å². The normalized spacial score (nSPS) is 20.6. The number of Topliss-reactive ketones (excluding diaryl/α,β-unsaturated/α-hetero) is 1. The molecular formula is C38H53N5O9. The monoisotopic (exact) mass is 723 g/mol. The fraction of sp³-hybridized carbons (Fsp3) is 0.605. The van der Waals surface area contributed by atoms with Crippen molar-refractivity contribution in [3.63, 3.8) is 0 Å². The van der Waals surface area contributed by atoms with Crippen LogP contribution in [-0.4, -0.2) is 89.3 Å². The van der Waals surface area contributed by atoms with Crippen LogP contribution in [0.15, 0.2) is 43.0 Å². The van der Waals surface area contributed by atoms with Crippen LogP contribution < -0.4 is 21.3 Å². The number of carbonyl (C=O) groups excluding carboxylic acids is 6. The Morgan fingerprint density at radius 2 is 1.63 bits per heavy atom. The van der Waals surface area contributed by atoms with Gasteiger partial charge in [0.05, 0.1) is 19.2 Å². The summed E-state index contributed by atoms with van der Waals surface area (Å²) in [6.07, 6.45) is 8.15. The van der Waals surface area contributed by atoms with Crippen LogP contribution in [0.4, 0.5) is 4.79 Å². The average molecular weight is 724 g/mol. The highest BCUT2D eigenvalue weighted by atomic mass is 16.5. The molecule has 284 valence electrons. The van der Waals surface area contributed by atoms with Crippen LogP contribution in [-0.2, 0) is 33.5 Å². The second kappa shape index (κ2) is 19.2. The minimum absolute atomic E-state index is 0.107. The first-order chi connectivity index (χ1) is 24.9. The summed E-state index contributed by atoms with van der Waals surface area (Å²) in [5.41, 5.74) is 0.332. The zero-order valence-electron chi connectivity index (χ0n) is 30.1. The van der Waals surface area contributed by atoms with E-state index in [1.807, 2.05) is 13.8 Å². The number of rotatable bonds is 18. The smallest absolute Gasteiger partial charge is 0.407 e. The van der Waals surface area contributed by atoms with Gasteiger partial charge in [0.15, 0.2) is 6.04 Å². The molecule has 1 saturated heterocycles. The molecule has 2 aliphatic carbocycles. The number of likely N-dealkylation sites (tertiary alicyclic amines) is 1. The van der Waals surface area contributed by atoms with Gasteiger partial charge in [0.2, 0.25) is 23.5 Å². The Kier molecular flexibility index (Phi) is 14.8. The summed E-state index contributed by atoms with van der Waals surface area (Å²) in [5.74, 6) is -5.33. The second-order valence-electron chi connectivity index (χ2n) is 14.6. The lowest BCUT2D eigenvalue weighted by molar-refractivity contribution is -0.144. The number of alkyl carbamates (subject to hydrolysis) is 1. The Morgan fingerprint density at radius 1 is 0.942 bits per heavy atom. The number of carboxylic acid groups (broad SMARTS) is 1. The number of ketones is 1.